The highest BCUT2D eigenvalue weighted by Gasteiger charge is 2.24. The second-order valence-corrected chi connectivity index (χ2v) is 4.06. The van der Waals surface area contributed by atoms with Gasteiger partial charge in [0.2, 0.25) is 12.3 Å². The van der Waals surface area contributed by atoms with Gasteiger partial charge in [-0.25, -0.2) is 0 Å². The highest BCUT2D eigenvalue weighted by molar-refractivity contribution is 5.83. The highest BCUT2D eigenvalue weighted by Crippen LogP contribution is 2.16. The van der Waals surface area contributed by atoms with Crippen molar-refractivity contribution in [3.05, 3.63) is 35.9 Å². The van der Waals surface area contributed by atoms with E-state index in [0.717, 1.165) is 31.5 Å². The van der Waals surface area contributed by atoms with Gasteiger partial charge in [0.25, 0.3) is 0 Å². The number of benzene rings is 1. The molecule has 2 amide bonds. The van der Waals surface area contributed by atoms with Crippen LogP contribution in [-0.2, 0) is 9.59 Å². The van der Waals surface area contributed by atoms with Crippen molar-refractivity contribution in [1.82, 2.24) is 4.90 Å². The van der Waals surface area contributed by atoms with Gasteiger partial charge in [-0.05, 0) is 18.4 Å². The maximum Gasteiger partial charge on any atom is 0.244 e. The molecule has 1 aromatic rings. The number of likely N-dealkylation sites (tertiary alicyclic amines) is 1. The lowest BCUT2D eigenvalue weighted by atomic mass is 10.1. The summed E-state index contributed by atoms with van der Waals surface area (Å²) in [5.41, 5.74) is 11.0. The van der Waals surface area contributed by atoms with Crippen LogP contribution in [-0.4, -0.2) is 30.3 Å². The number of rotatable bonds is 2. The Balaban J connectivity index is 0.000000641. The average Bonchev–Trinajstić information content (AvgIpc) is 3.04. The zero-order chi connectivity index (χ0) is 15.4. The SMILES string of the molecule is CC.NC(C(=O)N1CCCC1)c1ccccc1.NC=O. The quantitative estimate of drug-likeness (QED) is 0.803. The van der Waals surface area contributed by atoms with Crippen LogP contribution in [0.5, 0.6) is 0 Å². The summed E-state index contributed by atoms with van der Waals surface area (Å²) in [5.74, 6) is 0.0544. The molecule has 1 atom stereocenters. The lowest BCUT2D eigenvalue weighted by molar-refractivity contribution is -0.131. The molecule has 4 N–H and O–H groups in total. The van der Waals surface area contributed by atoms with E-state index in [0.29, 0.717) is 0 Å². The molecule has 1 saturated heterocycles. The third-order valence-electron chi connectivity index (χ3n) is 2.84. The molecule has 0 bridgehead atoms. The standard InChI is InChI=1S/C12H16N2O.C2H6.CH3NO/c13-11(10-6-2-1-3-7-10)12(15)14-8-4-5-9-14;1-2;2-1-3/h1-3,6-7,11H,4-5,8-9,13H2;1-2H3;1H,(H2,2,3). The number of hydrogen-bond donors (Lipinski definition) is 2. The molecule has 1 unspecified atom stereocenters. The van der Waals surface area contributed by atoms with Crippen LogP contribution in [0.15, 0.2) is 30.3 Å². The van der Waals surface area contributed by atoms with Gasteiger partial charge in [-0.2, -0.15) is 0 Å². The molecule has 1 fully saturated rings. The van der Waals surface area contributed by atoms with Crippen molar-refractivity contribution >= 4 is 12.3 Å². The number of hydrogen-bond acceptors (Lipinski definition) is 3. The Labute approximate surface area is 120 Å². The highest BCUT2D eigenvalue weighted by atomic mass is 16.2. The van der Waals surface area contributed by atoms with Crippen molar-refractivity contribution in [2.75, 3.05) is 13.1 Å². The smallest absolute Gasteiger partial charge is 0.244 e. The minimum absolute atomic E-state index is 0.0544. The summed E-state index contributed by atoms with van der Waals surface area (Å²) in [5, 5.41) is 0. The molecule has 0 spiro atoms. The second kappa shape index (κ2) is 11.0. The van der Waals surface area contributed by atoms with Crippen LogP contribution < -0.4 is 11.5 Å². The number of nitrogens with two attached hydrogens (primary N) is 2. The number of carbonyl (C=O) groups is 2. The zero-order valence-electron chi connectivity index (χ0n) is 12.3. The molecule has 0 aliphatic carbocycles. The molecule has 20 heavy (non-hydrogen) atoms. The maximum absolute atomic E-state index is 11.9. The first-order valence-corrected chi connectivity index (χ1v) is 6.95. The monoisotopic (exact) mass is 279 g/mol. The van der Waals surface area contributed by atoms with Crippen molar-refractivity contribution < 1.29 is 9.59 Å². The Kier molecular flexibility index (Phi) is 9.96. The van der Waals surface area contributed by atoms with Crippen molar-refractivity contribution in [2.24, 2.45) is 11.5 Å². The van der Waals surface area contributed by atoms with Gasteiger partial charge in [-0.3, -0.25) is 9.59 Å². The summed E-state index contributed by atoms with van der Waals surface area (Å²) < 4.78 is 0. The largest absolute Gasteiger partial charge is 0.372 e. The predicted molar refractivity (Wildman–Crippen MR) is 80.8 cm³/mol. The van der Waals surface area contributed by atoms with Gasteiger partial charge in [0.1, 0.15) is 6.04 Å². The summed E-state index contributed by atoms with van der Waals surface area (Å²) in [6.07, 6.45) is 2.46. The summed E-state index contributed by atoms with van der Waals surface area (Å²) >= 11 is 0. The molecule has 0 radical (unpaired) electrons. The topological polar surface area (TPSA) is 89.4 Å². The molecule has 1 aromatic carbocycles. The summed E-state index contributed by atoms with van der Waals surface area (Å²) in [7, 11) is 0. The van der Waals surface area contributed by atoms with E-state index >= 15 is 0 Å². The van der Waals surface area contributed by atoms with Crippen molar-refractivity contribution in [1.29, 1.82) is 0 Å². The predicted octanol–water partition coefficient (Wildman–Crippen LogP) is 1.44. The first-order chi connectivity index (χ1) is 9.70. The molecule has 1 aliphatic heterocycles. The van der Waals surface area contributed by atoms with E-state index in [9.17, 15) is 4.79 Å². The van der Waals surface area contributed by atoms with Crippen LogP contribution in [0.3, 0.4) is 0 Å². The Morgan fingerprint density at radius 2 is 1.65 bits per heavy atom. The van der Waals surface area contributed by atoms with E-state index < -0.39 is 6.04 Å². The van der Waals surface area contributed by atoms with Gasteiger partial charge in [-0.1, -0.05) is 44.2 Å². The summed E-state index contributed by atoms with van der Waals surface area (Å²) in [6, 6.07) is 9.05. The molecule has 112 valence electrons. The fraction of sp³-hybridized carbons (Fsp3) is 0.467. The van der Waals surface area contributed by atoms with Gasteiger partial charge >= 0.3 is 0 Å². The van der Waals surface area contributed by atoms with Gasteiger partial charge in [-0.15, -0.1) is 0 Å². The lowest BCUT2D eigenvalue weighted by Crippen LogP contribution is -2.36. The Bertz CT molecular complexity index is 376. The number of nitrogens with zero attached hydrogens (tertiary/aromatic N) is 1. The van der Waals surface area contributed by atoms with Crippen LogP contribution in [0.4, 0.5) is 0 Å². The molecule has 0 aromatic heterocycles. The van der Waals surface area contributed by atoms with E-state index in [1.807, 2.05) is 49.1 Å². The summed E-state index contributed by atoms with van der Waals surface area (Å²) in [6.45, 7) is 5.72. The molecule has 1 aliphatic rings. The fourth-order valence-electron chi connectivity index (χ4n) is 1.94. The van der Waals surface area contributed by atoms with Gasteiger partial charge in [0, 0.05) is 13.1 Å². The third-order valence-corrected chi connectivity index (χ3v) is 2.84. The molecular weight excluding hydrogens is 254 g/mol. The average molecular weight is 279 g/mol. The minimum Gasteiger partial charge on any atom is -0.372 e. The Morgan fingerprint density at radius 3 is 2.10 bits per heavy atom. The van der Waals surface area contributed by atoms with Crippen LogP contribution >= 0.6 is 0 Å². The van der Waals surface area contributed by atoms with Gasteiger partial charge < -0.3 is 16.4 Å². The van der Waals surface area contributed by atoms with Crippen molar-refractivity contribution in [3.8, 4) is 0 Å². The van der Waals surface area contributed by atoms with Crippen molar-refractivity contribution in [2.45, 2.75) is 32.7 Å². The van der Waals surface area contributed by atoms with Crippen LogP contribution in [0.1, 0.15) is 38.3 Å². The number of amides is 2. The van der Waals surface area contributed by atoms with Crippen LogP contribution in [0, 0.1) is 0 Å². The molecule has 2 rings (SSSR count). The van der Waals surface area contributed by atoms with E-state index in [1.54, 1.807) is 0 Å². The Morgan fingerprint density at radius 1 is 1.20 bits per heavy atom. The minimum atomic E-state index is -0.496. The second-order valence-electron chi connectivity index (χ2n) is 4.06. The molecular formula is C15H25N3O2. The van der Waals surface area contributed by atoms with E-state index in [-0.39, 0.29) is 12.3 Å². The number of carbonyl (C=O) groups excluding carboxylic acids is 2. The number of primary amides is 1. The molecule has 5 heteroatoms. The Hall–Kier alpha value is -1.88. The first kappa shape index (κ1) is 18.1. The zero-order valence-corrected chi connectivity index (χ0v) is 12.3. The molecule has 5 nitrogen and oxygen atoms in total. The van der Waals surface area contributed by atoms with Gasteiger partial charge in [0.05, 0.1) is 0 Å². The molecule has 1 heterocycles. The van der Waals surface area contributed by atoms with Crippen LogP contribution in [0.25, 0.3) is 0 Å². The lowest BCUT2D eigenvalue weighted by Gasteiger charge is -2.20. The van der Waals surface area contributed by atoms with Gasteiger partial charge in [0.15, 0.2) is 0 Å². The fourth-order valence-corrected chi connectivity index (χ4v) is 1.94. The van der Waals surface area contributed by atoms with E-state index in [1.165, 1.54) is 0 Å². The van der Waals surface area contributed by atoms with Crippen molar-refractivity contribution in [3.63, 3.8) is 0 Å². The molecule has 0 saturated carbocycles. The normalized spacial score (nSPS) is 14.2. The van der Waals surface area contributed by atoms with E-state index in [4.69, 9.17) is 10.5 Å². The summed E-state index contributed by atoms with van der Waals surface area (Å²) in [4.78, 5) is 22.4. The first-order valence-electron chi connectivity index (χ1n) is 6.95. The maximum atomic E-state index is 11.9. The third kappa shape index (κ3) is 5.84. The van der Waals surface area contributed by atoms with E-state index in [2.05, 4.69) is 5.73 Å². The van der Waals surface area contributed by atoms with Crippen LogP contribution in [0.2, 0.25) is 0 Å².